The summed E-state index contributed by atoms with van der Waals surface area (Å²) in [4.78, 5) is 34.2. The highest BCUT2D eigenvalue weighted by atomic mass is 32.1. The van der Waals surface area contributed by atoms with E-state index in [0.29, 0.717) is 34.4 Å². The topological polar surface area (TPSA) is 91.2 Å². The number of thiophene rings is 1. The maximum Gasteiger partial charge on any atom is 0.260 e. The maximum atomic E-state index is 12.5. The SMILES string of the molecule is CN(CC(=O)NC1CC1)Cc1nc2scc(-c3ccco3)c2c(=O)[nH]1. The smallest absolute Gasteiger partial charge is 0.260 e. The number of aromatic nitrogens is 2. The average Bonchev–Trinajstić information content (AvgIpc) is 3.04. The molecule has 130 valence electrons. The number of furan rings is 1. The van der Waals surface area contributed by atoms with Crippen molar-refractivity contribution in [2.45, 2.75) is 25.4 Å². The van der Waals surface area contributed by atoms with Gasteiger partial charge in [0.1, 0.15) is 16.4 Å². The molecule has 3 aromatic heterocycles. The van der Waals surface area contributed by atoms with E-state index < -0.39 is 0 Å². The molecule has 1 amide bonds. The Morgan fingerprint density at radius 1 is 1.52 bits per heavy atom. The Balaban J connectivity index is 1.53. The minimum absolute atomic E-state index is 0.00431. The molecule has 3 heterocycles. The van der Waals surface area contributed by atoms with E-state index in [-0.39, 0.29) is 18.0 Å². The van der Waals surface area contributed by atoms with Gasteiger partial charge in [-0.1, -0.05) is 0 Å². The second-order valence-electron chi connectivity index (χ2n) is 6.33. The lowest BCUT2D eigenvalue weighted by Gasteiger charge is -2.15. The molecule has 0 atom stereocenters. The predicted octanol–water partition coefficient (Wildman–Crippen LogP) is 1.95. The molecule has 0 bridgehead atoms. The molecule has 0 aromatic carbocycles. The van der Waals surface area contributed by atoms with Crippen LogP contribution in [0.15, 0.2) is 33.0 Å². The van der Waals surface area contributed by atoms with Crippen LogP contribution in [0.5, 0.6) is 0 Å². The summed E-state index contributed by atoms with van der Waals surface area (Å²) >= 11 is 1.41. The van der Waals surface area contributed by atoms with Crippen LogP contribution < -0.4 is 10.9 Å². The molecule has 0 aliphatic heterocycles. The Morgan fingerprint density at radius 3 is 3.08 bits per heavy atom. The highest BCUT2D eigenvalue weighted by molar-refractivity contribution is 7.17. The van der Waals surface area contributed by atoms with E-state index in [4.69, 9.17) is 4.42 Å². The Labute approximate surface area is 147 Å². The average molecular weight is 358 g/mol. The number of nitrogens with one attached hydrogen (secondary N) is 2. The third-order valence-corrected chi connectivity index (χ3v) is 4.93. The van der Waals surface area contributed by atoms with E-state index in [0.717, 1.165) is 18.4 Å². The van der Waals surface area contributed by atoms with Crippen molar-refractivity contribution in [3.8, 4) is 11.3 Å². The number of carbonyl (C=O) groups is 1. The highest BCUT2D eigenvalue weighted by Gasteiger charge is 2.23. The summed E-state index contributed by atoms with van der Waals surface area (Å²) in [5.41, 5.74) is 0.561. The van der Waals surface area contributed by atoms with Gasteiger partial charge in [0.15, 0.2) is 0 Å². The summed E-state index contributed by atoms with van der Waals surface area (Å²) in [5.74, 6) is 1.21. The number of amides is 1. The summed E-state index contributed by atoms with van der Waals surface area (Å²) in [6.07, 6.45) is 3.71. The van der Waals surface area contributed by atoms with Gasteiger partial charge in [0.25, 0.3) is 5.56 Å². The summed E-state index contributed by atoms with van der Waals surface area (Å²) < 4.78 is 5.39. The number of hydrogen-bond donors (Lipinski definition) is 2. The quantitative estimate of drug-likeness (QED) is 0.703. The summed E-state index contributed by atoms with van der Waals surface area (Å²) in [6.45, 7) is 0.678. The Hall–Kier alpha value is -2.45. The molecule has 1 aliphatic rings. The fourth-order valence-electron chi connectivity index (χ4n) is 2.74. The minimum atomic E-state index is -0.191. The van der Waals surface area contributed by atoms with Crippen molar-refractivity contribution in [3.63, 3.8) is 0 Å². The summed E-state index contributed by atoms with van der Waals surface area (Å²) in [6, 6.07) is 3.96. The van der Waals surface area contributed by atoms with Gasteiger partial charge in [-0.15, -0.1) is 11.3 Å². The van der Waals surface area contributed by atoms with Crippen LogP contribution in [-0.4, -0.2) is 40.4 Å². The molecule has 25 heavy (non-hydrogen) atoms. The number of nitrogens with zero attached hydrogens (tertiary/aromatic N) is 2. The van der Waals surface area contributed by atoms with Crippen LogP contribution in [-0.2, 0) is 11.3 Å². The molecule has 0 radical (unpaired) electrons. The van der Waals surface area contributed by atoms with Crippen molar-refractivity contribution in [3.05, 3.63) is 40.0 Å². The predicted molar refractivity (Wildman–Crippen MR) is 95.4 cm³/mol. The number of H-pyrrole nitrogens is 1. The lowest BCUT2D eigenvalue weighted by molar-refractivity contribution is -0.122. The summed E-state index contributed by atoms with van der Waals surface area (Å²) in [5, 5.41) is 5.37. The number of likely N-dealkylation sites (N-methyl/N-ethyl adjacent to an activating group) is 1. The standard InChI is InChI=1S/C17H18N4O3S/c1-21(8-14(22)18-10-4-5-10)7-13-19-16(23)15-11(9-25-17(15)20-13)12-3-2-6-24-12/h2-3,6,9-10H,4-5,7-8H2,1H3,(H,18,22)(H,19,20,23). The van der Waals surface area contributed by atoms with Crippen LogP contribution >= 0.6 is 11.3 Å². The first-order chi connectivity index (χ1) is 12.1. The van der Waals surface area contributed by atoms with Gasteiger partial charge >= 0.3 is 0 Å². The van der Waals surface area contributed by atoms with Crippen molar-refractivity contribution in [1.29, 1.82) is 0 Å². The first-order valence-corrected chi connectivity index (χ1v) is 9.00. The molecule has 0 unspecified atom stereocenters. The highest BCUT2D eigenvalue weighted by Crippen LogP contribution is 2.30. The van der Waals surface area contributed by atoms with E-state index in [9.17, 15) is 9.59 Å². The first-order valence-electron chi connectivity index (χ1n) is 8.12. The number of fused-ring (bicyclic) bond motifs is 1. The number of hydrogen-bond acceptors (Lipinski definition) is 6. The van der Waals surface area contributed by atoms with Gasteiger partial charge in [-0.2, -0.15) is 0 Å². The molecule has 0 saturated heterocycles. The molecule has 4 rings (SSSR count). The normalized spacial score (nSPS) is 14.3. The van der Waals surface area contributed by atoms with Crippen molar-refractivity contribution >= 4 is 27.5 Å². The Kier molecular flexibility index (Phi) is 4.14. The molecule has 7 nitrogen and oxygen atoms in total. The fraction of sp³-hybridized carbons (Fsp3) is 0.353. The molecule has 8 heteroatoms. The van der Waals surface area contributed by atoms with Crippen molar-refractivity contribution in [2.75, 3.05) is 13.6 Å². The minimum Gasteiger partial charge on any atom is -0.464 e. The van der Waals surface area contributed by atoms with Gasteiger partial charge < -0.3 is 14.7 Å². The molecule has 0 spiro atoms. The molecule has 3 aromatic rings. The number of aromatic amines is 1. The van der Waals surface area contributed by atoms with Crippen LogP contribution in [0.1, 0.15) is 18.7 Å². The Bertz CT molecular complexity index is 956. The van der Waals surface area contributed by atoms with E-state index >= 15 is 0 Å². The molecule has 1 aliphatic carbocycles. The van der Waals surface area contributed by atoms with Crippen LogP contribution in [0.4, 0.5) is 0 Å². The van der Waals surface area contributed by atoms with Gasteiger partial charge in [0.2, 0.25) is 5.91 Å². The van der Waals surface area contributed by atoms with Crippen molar-refractivity contribution in [2.24, 2.45) is 0 Å². The largest absolute Gasteiger partial charge is 0.464 e. The molecule has 1 fully saturated rings. The monoisotopic (exact) mass is 358 g/mol. The van der Waals surface area contributed by atoms with E-state index in [1.54, 1.807) is 12.3 Å². The number of carbonyl (C=O) groups excluding carboxylic acids is 1. The van der Waals surface area contributed by atoms with Crippen molar-refractivity contribution in [1.82, 2.24) is 20.2 Å². The second-order valence-corrected chi connectivity index (χ2v) is 7.19. The van der Waals surface area contributed by atoms with Crippen LogP contribution in [0.2, 0.25) is 0 Å². The van der Waals surface area contributed by atoms with Crippen LogP contribution in [0, 0.1) is 0 Å². The first kappa shape index (κ1) is 16.0. The van der Waals surface area contributed by atoms with E-state index in [1.807, 2.05) is 23.4 Å². The van der Waals surface area contributed by atoms with Gasteiger partial charge in [-0.05, 0) is 32.0 Å². The van der Waals surface area contributed by atoms with E-state index in [2.05, 4.69) is 15.3 Å². The summed E-state index contributed by atoms with van der Waals surface area (Å²) in [7, 11) is 1.83. The van der Waals surface area contributed by atoms with Crippen LogP contribution in [0.25, 0.3) is 21.5 Å². The van der Waals surface area contributed by atoms with Crippen molar-refractivity contribution < 1.29 is 9.21 Å². The van der Waals surface area contributed by atoms with E-state index in [1.165, 1.54) is 11.3 Å². The second kappa shape index (κ2) is 6.45. The van der Waals surface area contributed by atoms with Gasteiger partial charge in [0.05, 0.1) is 24.7 Å². The third kappa shape index (κ3) is 3.49. The van der Waals surface area contributed by atoms with Gasteiger partial charge in [-0.3, -0.25) is 14.5 Å². The molecule has 1 saturated carbocycles. The lowest BCUT2D eigenvalue weighted by Crippen LogP contribution is -2.36. The van der Waals surface area contributed by atoms with Gasteiger partial charge in [-0.25, -0.2) is 4.98 Å². The van der Waals surface area contributed by atoms with Gasteiger partial charge in [0, 0.05) is 17.0 Å². The van der Waals surface area contributed by atoms with Crippen LogP contribution in [0.3, 0.4) is 0 Å². The molecular weight excluding hydrogens is 340 g/mol. The zero-order chi connectivity index (χ0) is 17.4. The maximum absolute atomic E-state index is 12.5. The molecular formula is C17H18N4O3S. The molecule has 2 N–H and O–H groups in total. The Morgan fingerprint density at radius 2 is 2.36 bits per heavy atom. The third-order valence-electron chi connectivity index (χ3n) is 4.06. The zero-order valence-corrected chi connectivity index (χ0v) is 14.6. The fourth-order valence-corrected chi connectivity index (χ4v) is 3.69. The zero-order valence-electron chi connectivity index (χ0n) is 13.7. The lowest BCUT2D eigenvalue weighted by atomic mass is 10.2. The number of rotatable bonds is 6.